The van der Waals surface area contributed by atoms with E-state index in [1.165, 1.54) is 0 Å². The van der Waals surface area contributed by atoms with Crippen LogP contribution in [0.2, 0.25) is 0 Å². The molecule has 5 nitrogen and oxygen atoms in total. The fourth-order valence-corrected chi connectivity index (χ4v) is 4.75. The number of nitrogens with zero attached hydrogens (tertiary/aromatic N) is 2. The fraction of sp³-hybridized carbons (Fsp3) is 0.458. The number of benzene rings is 1. The van der Waals surface area contributed by atoms with Gasteiger partial charge in [0.2, 0.25) is 11.8 Å². The van der Waals surface area contributed by atoms with Crippen molar-refractivity contribution in [3.8, 4) is 11.1 Å². The Morgan fingerprint density at radius 2 is 2.00 bits per heavy atom. The molecule has 1 aromatic heterocycles. The van der Waals surface area contributed by atoms with Crippen LogP contribution < -0.4 is 5.32 Å². The SMILES string of the molecule is CNC(=O)[C@@]1(Cc2ccccc2-c2cccnc2)CCCN(C(=O)C2CCC2)C1. The Balaban J connectivity index is 1.65. The molecule has 4 rings (SSSR count). The van der Waals surface area contributed by atoms with Crippen molar-refractivity contribution < 1.29 is 9.59 Å². The number of likely N-dealkylation sites (tertiary alicyclic amines) is 1. The molecule has 0 radical (unpaired) electrons. The van der Waals surface area contributed by atoms with Gasteiger partial charge in [-0.05, 0) is 49.3 Å². The molecule has 1 saturated heterocycles. The maximum absolute atomic E-state index is 13.1. The third kappa shape index (κ3) is 3.91. The van der Waals surface area contributed by atoms with Gasteiger partial charge in [0.15, 0.2) is 0 Å². The third-order valence-corrected chi connectivity index (χ3v) is 6.57. The van der Waals surface area contributed by atoms with E-state index in [0.29, 0.717) is 13.0 Å². The van der Waals surface area contributed by atoms with E-state index in [2.05, 4.69) is 22.4 Å². The Morgan fingerprint density at radius 3 is 2.69 bits per heavy atom. The van der Waals surface area contributed by atoms with Crippen molar-refractivity contribution in [1.82, 2.24) is 15.2 Å². The first-order valence-corrected chi connectivity index (χ1v) is 10.6. The molecule has 1 N–H and O–H groups in total. The maximum atomic E-state index is 13.1. The molecule has 0 spiro atoms. The van der Waals surface area contributed by atoms with Crippen molar-refractivity contribution >= 4 is 11.8 Å². The zero-order valence-corrected chi connectivity index (χ0v) is 17.1. The molecular weight excluding hydrogens is 362 g/mol. The fourth-order valence-electron chi connectivity index (χ4n) is 4.75. The lowest BCUT2D eigenvalue weighted by Gasteiger charge is -2.43. The van der Waals surface area contributed by atoms with E-state index in [4.69, 9.17) is 0 Å². The van der Waals surface area contributed by atoms with Gasteiger partial charge in [-0.2, -0.15) is 0 Å². The summed E-state index contributed by atoms with van der Waals surface area (Å²) in [5.41, 5.74) is 2.69. The molecule has 152 valence electrons. The van der Waals surface area contributed by atoms with Crippen molar-refractivity contribution in [2.45, 2.75) is 38.5 Å². The molecule has 2 aliphatic rings. The normalized spacial score (nSPS) is 22.0. The number of rotatable bonds is 5. The Labute approximate surface area is 172 Å². The van der Waals surface area contributed by atoms with Crippen molar-refractivity contribution in [3.63, 3.8) is 0 Å². The number of amides is 2. The van der Waals surface area contributed by atoms with Crippen molar-refractivity contribution in [1.29, 1.82) is 0 Å². The van der Waals surface area contributed by atoms with Gasteiger partial charge in [0, 0.05) is 44.0 Å². The van der Waals surface area contributed by atoms with Crippen LogP contribution in [0.1, 0.15) is 37.7 Å². The first kappa shape index (κ1) is 19.6. The number of aromatic nitrogens is 1. The predicted molar refractivity (Wildman–Crippen MR) is 113 cm³/mol. The number of nitrogens with one attached hydrogen (secondary N) is 1. The predicted octanol–water partition coefficient (Wildman–Crippen LogP) is 3.45. The van der Waals surface area contributed by atoms with Gasteiger partial charge in [0.25, 0.3) is 0 Å². The first-order chi connectivity index (χ1) is 14.1. The molecule has 2 heterocycles. The topological polar surface area (TPSA) is 62.3 Å². The van der Waals surface area contributed by atoms with Gasteiger partial charge in [-0.15, -0.1) is 0 Å². The summed E-state index contributed by atoms with van der Waals surface area (Å²) in [4.78, 5) is 32.2. The minimum atomic E-state index is -0.593. The monoisotopic (exact) mass is 391 g/mol. The summed E-state index contributed by atoms with van der Waals surface area (Å²) in [6, 6.07) is 12.2. The number of hydrogen-bond donors (Lipinski definition) is 1. The van der Waals surface area contributed by atoms with E-state index in [-0.39, 0.29) is 17.7 Å². The van der Waals surface area contributed by atoms with E-state index in [0.717, 1.165) is 55.3 Å². The highest BCUT2D eigenvalue weighted by Gasteiger charge is 2.44. The minimum Gasteiger partial charge on any atom is -0.359 e. The molecule has 1 atom stereocenters. The maximum Gasteiger partial charge on any atom is 0.228 e. The second-order valence-electron chi connectivity index (χ2n) is 8.43. The van der Waals surface area contributed by atoms with Crippen LogP contribution in [0.4, 0.5) is 0 Å². The largest absolute Gasteiger partial charge is 0.359 e. The van der Waals surface area contributed by atoms with Crippen LogP contribution >= 0.6 is 0 Å². The molecule has 29 heavy (non-hydrogen) atoms. The van der Waals surface area contributed by atoms with Gasteiger partial charge in [0.05, 0.1) is 5.41 Å². The van der Waals surface area contributed by atoms with Crippen LogP contribution in [0.25, 0.3) is 11.1 Å². The summed E-state index contributed by atoms with van der Waals surface area (Å²) in [6.45, 7) is 1.27. The Kier molecular flexibility index (Phi) is 5.65. The summed E-state index contributed by atoms with van der Waals surface area (Å²) < 4.78 is 0. The van der Waals surface area contributed by atoms with Crippen molar-refractivity contribution in [2.75, 3.05) is 20.1 Å². The molecule has 5 heteroatoms. The molecule has 0 unspecified atom stereocenters. The highest BCUT2D eigenvalue weighted by Crippen LogP contribution is 2.38. The molecule has 0 bridgehead atoms. The molecule has 2 fully saturated rings. The van der Waals surface area contributed by atoms with Crippen LogP contribution in [-0.4, -0.2) is 41.8 Å². The van der Waals surface area contributed by atoms with Crippen LogP contribution in [-0.2, 0) is 16.0 Å². The summed E-state index contributed by atoms with van der Waals surface area (Å²) >= 11 is 0. The van der Waals surface area contributed by atoms with Gasteiger partial charge in [-0.1, -0.05) is 36.8 Å². The van der Waals surface area contributed by atoms with Crippen molar-refractivity contribution in [2.24, 2.45) is 11.3 Å². The van der Waals surface area contributed by atoms with Crippen LogP contribution in [0.3, 0.4) is 0 Å². The molecule has 1 aliphatic heterocycles. The standard InChI is InChI=1S/C24H29N3O2/c1-25-23(29)24(12-6-14-27(17-24)22(28)18-8-4-9-18)15-19-7-2-3-11-21(19)20-10-5-13-26-16-20/h2-3,5,7,10-11,13,16,18H,4,6,8-9,12,14-15,17H2,1H3,(H,25,29)/t24-/m1/s1. The lowest BCUT2D eigenvalue weighted by molar-refractivity contribution is -0.146. The van der Waals surface area contributed by atoms with E-state index in [1.54, 1.807) is 13.2 Å². The Morgan fingerprint density at radius 1 is 1.17 bits per heavy atom. The third-order valence-electron chi connectivity index (χ3n) is 6.57. The lowest BCUT2D eigenvalue weighted by Crippen LogP contribution is -2.55. The molecule has 1 aliphatic carbocycles. The molecule has 1 saturated carbocycles. The average molecular weight is 392 g/mol. The zero-order valence-electron chi connectivity index (χ0n) is 17.1. The molecule has 2 aromatic rings. The van der Waals surface area contributed by atoms with Crippen molar-refractivity contribution in [3.05, 3.63) is 54.4 Å². The minimum absolute atomic E-state index is 0.0320. The number of pyridine rings is 1. The van der Waals surface area contributed by atoms with E-state index in [1.807, 2.05) is 35.4 Å². The number of piperidine rings is 1. The highest BCUT2D eigenvalue weighted by atomic mass is 16.2. The smallest absolute Gasteiger partial charge is 0.228 e. The zero-order chi connectivity index (χ0) is 20.3. The summed E-state index contributed by atoms with van der Waals surface area (Å²) in [7, 11) is 1.70. The Hall–Kier alpha value is -2.69. The Bertz CT molecular complexity index is 879. The van der Waals surface area contributed by atoms with Gasteiger partial charge in [-0.3, -0.25) is 14.6 Å². The number of carbonyl (C=O) groups excluding carboxylic acids is 2. The van der Waals surface area contributed by atoms with Crippen LogP contribution in [0.5, 0.6) is 0 Å². The van der Waals surface area contributed by atoms with E-state index < -0.39 is 5.41 Å². The van der Waals surface area contributed by atoms with Gasteiger partial charge in [-0.25, -0.2) is 0 Å². The number of carbonyl (C=O) groups is 2. The second-order valence-corrected chi connectivity index (χ2v) is 8.43. The van der Waals surface area contributed by atoms with Gasteiger partial charge >= 0.3 is 0 Å². The van der Waals surface area contributed by atoms with E-state index >= 15 is 0 Å². The van der Waals surface area contributed by atoms with Crippen LogP contribution in [0, 0.1) is 11.3 Å². The van der Waals surface area contributed by atoms with E-state index in [9.17, 15) is 9.59 Å². The summed E-state index contributed by atoms with van der Waals surface area (Å²) in [5.74, 6) is 0.438. The van der Waals surface area contributed by atoms with Gasteiger partial charge in [0.1, 0.15) is 0 Å². The molecule has 1 aromatic carbocycles. The summed E-state index contributed by atoms with van der Waals surface area (Å²) in [5, 5.41) is 2.88. The second kappa shape index (κ2) is 8.36. The first-order valence-electron chi connectivity index (χ1n) is 10.6. The molecule has 2 amide bonds. The van der Waals surface area contributed by atoms with Gasteiger partial charge < -0.3 is 10.2 Å². The van der Waals surface area contributed by atoms with Crippen LogP contribution in [0.15, 0.2) is 48.8 Å². The molecular formula is C24H29N3O2. The average Bonchev–Trinajstić information content (AvgIpc) is 2.73. The highest BCUT2D eigenvalue weighted by molar-refractivity contribution is 5.86. The lowest BCUT2D eigenvalue weighted by atomic mass is 9.72. The summed E-state index contributed by atoms with van der Waals surface area (Å²) in [6.07, 6.45) is 9.03. The quantitative estimate of drug-likeness (QED) is 0.849. The number of hydrogen-bond acceptors (Lipinski definition) is 3.